The maximum Gasteiger partial charge on any atom is 0.265 e. The van der Waals surface area contributed by atoms with Crippen LogP contribution in [0.5, 0.6) is 11.5 Å². The Hall–Kier alpha value is -2.73. The monoisotopic (exact) mass is 430 g/mol. The normalized spacial score (nSPS) is 15.2. The van der Waals surface area contributed by atoms with E-state index in [1.54, 1.807) is 49.4 Å². The molecule has 0 bridgehead atoms. The summed E-state index contributed by atoms with van der Waals surface area (Å²) in [5.74, 6) is 0.664. The number of halogens is 1. The number of carbonyl (C=O) groups is 2. The molecule has 30 heavy (non-hydrogen) atoms. The predicted molar refractivity (Wildman–Crippen MR) is 118 cm³/mol. The van der Waals surface area contributed by atoms with Gasteiger partial charge < -0.3 is 20.1 Å². The van der Waals surface area contributed by atoms with Gasteiger partial charge in [0.2, 0.25) is 0 Å². The molecule has 1 fully saturated rings. The van der Waals surface area contributed by atoms with Gasteiger partial charge in [-0.1, -0.05) is 30.9 Å². The Morgan fingerprint density at radius 3 is 2.40 bits per heavy atom. The van der Waals surface area contributed by atoms with Crippen LogP contribution in [0.15, 0.2) is 42.5 Å². The number of methoxy groups -OCH3 is 1. The van der Waals surface area contributed by atoms with Gasteiger partial charge in [0, 0.05) is 17.3 Å². The Bertz CT molecular complexity index is 879. The van der Waals surface area contributed by atoms with Crippen LogP contribution in [-0.2, 0) is 4.79 Å². The molecule has 3 rings (SSSR count). The SMILES string of the molecule is COc1ccc(NC(=O)C(C)Oc2ccc(C(=O)NC3CCCCC3)cc2)cc1Cl. The zero-order valence-corrected chi connectivity index (χ0v) is 18.0. The number of hydrogen-bond donors (Lipinski definition) is 2. The third-order valence-corrected chi connectivity index (χ3v) is 5.45. The lowest BCUT2D eigenvalue weighted by Crippen LogP contribution is -2.36. The fourth-order valence-electron chi connectivity index (χ4n) is 3.45. The summed E-state index contributed by atoms with van der Waals surface area (Å²) < 4.78 is 10.8. The minimum Gasteiger partial charge on any atom is -0.495 e. The van der Waals surface area contributed by atoms with Crippen molar-refractivity contribution in [2.45, 2.75) is 51.2 Å². The van der Waals surface area contributed by atoms with E-state index in [0.717, 1.165) is 12.8 Å². The van der Waals surface area contributed by atoms with E-state index in [1.807, 2.05) is 0 Å². The van der Waals surface area contributed by atoms with Crippen LogP contribution in [0.3, 0.4) is 0 Å². The number of rotatable bonds is 7. The summed E-state index contributed by atoms with van der Waals surface area (Å²) in [6.07, 6.45) is 4.93. The first kappa shape index (κ1) is 22.0. The first-order valence-electron chi connectivity index (χ1n) is 10.2. The summed E-state index contributed by atoms with van der Waals surface area (Å²) in [5.41, 5.74) is 1.13. The van der Waals surface area contributed by atoms with Crippen LogP contribution in [0.4, 0.5) is 5.69 Å². The molecule has 7 heteroatoms. The van der Waals surface area contributed by atoms with Gasteiger partial charge in [-0.3, -0.25) is 9.59 Å². The van der Waals surface area contributed by atoms with Crippen LogP contribution >= 0.6 is 11.6 Å². The summed E-state index contributed by atoms with van der Waals surface area (Å²) in [6.45, 7) is 1.66. The molecule has 0 saturated heterocycles. The second-order valence-electron chi connectivity index (χ2n) is 7.43. The lowest BCUT2D eigenvalue weighted by molar-refractivity contribution is -0.122. The summed E-state index contributed by atoms with van der Waals surface area (Å²) in [6, 6.07) is 12.1. The third-order valence-electron chi connectivity index (χ3n) is 5.16. The van der Waals surface area contributed by atoms with E-state index >= 15 is 0 Å². The summed E-state index contributed by atoms with van der Waals surface area (Å²) >= 11 is 6.08. The van der Waals surface area contributed by atoms with Gasteiger partial charge in [0.05, 0.1) is 12.1 Å². The first-order valence-corrected chi connectivity index (χ1v) is 10.6. The number of benzene rings is 2. The van der Waals surface area contributed by atoms with Crippen molar-refractivity contribution in [3.8, 4) is 11.5 Å². The van der Waals surface area contributed by atoms with Crippen LogP contribution < -0.4 is 20.1 Å². The van der Waals surface area contributed by atoms with Crippen LogP contribution in [0.2, 0.25) is 5.02 Å². The molecule has 160 valence electrons. The number of carbonyl (C=O) groups excluding carboxylic acids is 2. The lowest BCUT2D eigenvalue weighted by Gasteiger charge is -2.22. The topological polar surface area (TPSA) is 76.7 Å². The molecule has 1 saturated carbocycles. The number of hydrogen-bond acceptors (Lipinski definition) is 4. The van der Waals surface area contributed by atoms with Crippen molar-refractivity contribution >= 4 is 29.1 Å². The summed E-state index contributed by atoms with van der Waals surface area (Å²) in [4.78, 5) is 24.8. The van der Waals surface area contributed by atoms with Gasteiger partial charge in [-0.25, -0.2) is 0 Å². The van der Waals surface area contributed by atoms with Gasteiger partial charge in [0.1, 0.15) is 11.5 Å². The van der Waals surface area contributed by atoms with Crippen molar-refractivity contribution in [3.05, 3.63) is 53.1 Å². The van der Waals surface area contributed by atoms with Gasteiger partial charge in [-0.05, 0) is 62.2 Å². The highest BCUT2D eigenvalue weighted by atomic mass is 35.5. The van der Waals surface area contributed by atoms with Crippen molar-refractivity contribution in [3.63, 3.8) is 0 Å². The van der Waals surface area contributed by atoms with Crippen LogP contribution in [0, 0.1) is 0 Å². The van der Waals surface area contributed by atoms with Gasteiger partial charge >= 0.3 is 0 Å². The standard InChI is InChI=1S/C23H27ClN2O4/c1-15(22(27)26-18-10-13-21(29-2)20(24)14-18)30-19-11-8-16(9-12-19)23(28)25-17-6-4-3-5-7-17/h8-15,17H,3-7H2,1-2H3,(H,25,28)(H,26,27). The third kappa shape index (κ3) is 5.89. The molecule has 0 radical (unpaired) electrons. The van der Waals surface area contributed by atoms with Crippen LogP contribution in [-0.4, -0.2) is 31.1 Å². The highest BCUT2D eigenvalue weighted by Gasteiger charge is 2.18. The number of ether oxygens (including phenoxy) is 2. The Kier molecular flexibility index (Phi) is 7.57. The molecular formula is C23H27ClN2O4. The molecule has 2 aromatic rings. The number of amides is 2. The van der Waals surface area contributed by atoms with E-state index in [2.05, 4.69) is 10.6 Å². The Morgan fingerprint density at radius 1 is 1.07 bits per heavy atom. The van der Waals surface area contributed by atoms with Crippen molar-refractivity contribution in [2.24, 2.45) is 0 Å². The fraction of sp³-hybridized carbons (Fsp3) is 0.391. The predicted octanol–water partition coefficient (Wildman–Crippen LogP) is 4.82. The van der Waals surface area contributed by atoms with E-state index in [9.17, 15) is 9.59 Å². The minimum absolute atomic E-state index is 0.0735. The Labute approximate surface area is 181 Å². The average Bonchev–Trinajstić information content (AvgIpc) is 2.75. The zero-order valence-electron chi connectivity index (χ0n) is 17.2. The van der Waals surface area contributed by atoms with Gasteiger partial charge in [-0.2, -0.15) is 0 Å². The molecule has 0 aromatic heterocycles. The highest BCUT2D eigenvalue weighted by Crippen LogP contribution is 2.27. The minimum atomic E-state index is -0.729. The maximum atomic E-state index is 12.4. The Balaban J connectivity index is 1.53. The molecule has 6 nitrogen and oxygen atoms in total. The van der Waals surface area contributed by atoms with Gasteiger partial charge in [-0.15, -0.1) is 0 Å². The quantitative estimate of drug-likeness (QED) is 0.660. The molecule has 1 atom stereocenters. The lowest BCUT2D eigenvalue weighted by atomic mass is 9.95. The van der Waals surface area contributed by atoms with Gasteiger partial charge in [0.25, 0.3) is 11.8 Å². The van der Waals surface area contributed by atoms with Crippen molar-refractivity contribution in [2.75, 3.05) is 12.4 Å². The molecule has 1 unspecified atom stereocenters. The van der Waals surface area contributed by atoms with Crippen molar-refractivity contribution < 1.29 is 19.1 Å². The molecule has 0 spiro atoms. The van der Waals surface area contributed by atoms with Crippen LogP contribution in [0.1, 0.15) is 49.4 Å². The molecule has 2 amide bonds. The molecule has 0 heterocycles. The average molecular weight is 431 g/mol. The van der Waals surface area contributed by atoms with E-state index in [4.69, 9.17) is 21.1 Å². The first-order chi connectivity index (χ1) is 14.5. The van der Waals surface area contributed by atoms with Crippen LogP contribution in [0.25, 0.3) is 0 Å². The van der Waals surface area contributed by atoms with E-state index in [0.29, 0.717) is 27.8 Å². The molecule has 1 aliphatic rings. The van der Waals surface area contributed by atoms with E-state index in [-0.39, 0.29) is 17.9 Å². The molecule has 0 aliphatic heterocycles. The summed E-state index contributed by atoms with van der Waals surface area (Å²) in [5, 5.41) is 6.26. The maximum absolute atomic E-state index is 12.4. The number of anilines is 1. The van der Waals surface area contributed by atoms with E-state index in [1.165, 1.54) is 26.4 Å². The fourth-order valence-corrected chi connectivity index (χ4v) is 3.70. The second-order valence-corrected chi connectivity index (χ2v) is 7.84. The Morgan fingerprint density at radius 2 is 1.77 bits per heavy atom. The van der Waals surface area contributed by atoms with Crippen molar-refractivity contribution in [1.82, 2.24) is 5.32 Å². The molecular weight excluding hydrogens is 404 g/mol. The number of nitrogens with one attached hydrogen (secondary N) is 2. The molecule has 2 N–H and O–H groups in total. The second kappa shape index (κ2) is 10.3. The largest absolute Gasteiger partial charge is 0.495 e. The van der Waals surface area contributed by atoms with Crippen molar-refractivity contribution in [1.29, 1.82) is 0 Å². The molecule has 1 aliphatic carbocycles. The smallest absolute Gasteiger partial charge is 0.265 e. The summed E-state index contributed by atoms with van der Waals surface area (Å²) in [7, 11) is 1.53. The molecule has 2 aromatic carbocycles. The zero-order chi connectivity index (χ0) is 21.5. The highest BCUT2D eigenvalue weighted by molar-refractivity contribution is 6.32. The van der Waals surface area contributed by atoms with Gasteiger partial charge in [0.15, 0.2) is 6.10 Å². The van der Waals surface area contributed by atoms with E-state index < -0.39 is 6.10 Å².